The van der Waals surface area contributed by atoms with Crippen molar-refractivity contribution in [3.05, 3.63) is 29.8 Å². The Kier molecular flexibility index (Phi) is 5.66. The Morgan fingerprint density at radius 2 is 1.75 bits per heavy atom. The van der Waals surface area contributed by atoms with Crippen molar-refractivity contribution < 1.29 is 23.1 Å². The Balaban J connectivity index is 2.56. The average molecular weight is 300 g/mol. The minimum Gasteiger partial charge on any atom is -0.478 e. The lowest BCUT2D eigenvalue weighted by Crippen LogP contribution is -2.25. The molecule has 0 atom stereocenters. The van der Waals surface area contributed by atoms with Crippen molar-refractivity contribution in [2.75, 3.05) is 6.54 Å². The quantitative estimate of drug-likeness (QED) is 0.596. The van der Waals surface area contributed by atoms with Gasteiger partial charge in [0.2, 0.25) is 15.9 Å². The zero-order chi connectivity index (χ0) is 15.2. The van der Waals surface area contributed by atoms with E-state index in [4.69, 9.17) is 10.8 Å². The Morgan fingerprint density at radius 3 is 2.25 bits per heavy atom. The fourth-order valence-corrected chi connectivity index (χ4v) is 2.56. The van der Waals surface area contributed by atoms with E-state index < -0.39 is 21.9 Å². The van der Waals surface area contributed by atoms with Crippen LogP contribution in [0.2, 0.25) is 0 Å². The van der Waals surface area contributed by atoms with E-state index in [-0.39, 0.29) is 23.4 Å². The van der Waals surface area contributed by atoms with Crippen LogP contribution in [-0.4, -0.2) is 31.9 Å². The van der Waals surface area contributed by atoms with E-state index in [9.17, 15) is 18.0 Å². The molecule has 0 unspecified atom stereocenters. The molecule has 4 N–H and O–H groups in total. The molecule has 7 nitrogen and oxygen atoms in total. The van der Waals surface area contributed by atoms with Crippen molar-refractivity contribution in [2.45, 2.75) is 24.2 Å². The highest BCUT2D eigenvalue weighted by Gasteiger charge is 2.14. The predicted molar refractivity (Wildman–Crippen MR) is 71.6 cm³/mol. The van der Waals surface area contributed by atoms with Crippen LogP contribution in [0.5, 0.6) is 0 Å². The second-order valence-corrected chi connectivity index (χ2v) is 5.92. The lowest BCUT2D eigenvalue weighted by molar-refractivity contribution is -0.118. The van der Waals surface area contributed by atoms with E-state index >= 15 is 0 Å². The summed E-state index contributed by atoms with van der Waals surface area (Å²) in [5, 5.41) is 8.72. The van der Waals surface area contributed by atoms with E-state index in [0.29, 0.717) is 12.8 Å². The van der Waals surface area contributed by atoms with E-state index in [1.807, 2.05) is 0 Å². The average Bonchev–Trinajstić information content (AvgIpc) is 2.38. The van der Waals surface area contributed by atoms with Gasteiger partial charge in [-0.15, -0.1) is 0 Å². The summed E-state index contributed by atoms with van der Waals surface area (Å²) in [5.74, 6) is -1.54. The number of nitrogens with one attached hydrogen (secondary N) is 1. The maximum atomic E-state index is 11.9. The number of carbonyl (C=O) groups excluding carboxylic acids is 1. The first-order valence-corrected chi connectivity index (χ1v) is 7.42. The molecule has 0 aliphatic carbocycles. The highest BCUT2D eigenvalue weighted by molar-refractivity contribution is 7.89. The monoisotopic (exact) mass is 300 g/mol. The molecule has 1 aromatic carbocycles. The summed E-state index contributed by atoms with van der Waals surface area (Å²) in [6, 6.07) is 4.92. The van der Waals surface area contributed by atoms with Gasteiger partial charge in [0.05, 0.1) is 10.5 Å². The van der Waals surface area contributed by atoms with E-state index in [2.05, 4.69) is 4.72 Å². The highest BCUT2D eigenvalue weighted by atomic mass is 32.2. The van der Waals surface area contributed by atoms with Gasteiger partial charge in [-0.2, -0.15) is 0 Å². The summed E-state index contributed by atoms with van der Waals surface area (Å²) in [6.45, 7) is 0.191. The van der Waals surface area contributed by atoms with Gasteiger partial charge in [-0.1, -0.05) is 0 Å². The van der Waals surface area contributed by atoms with Gasteiger partial charge in [-0.3, -0.25) is 4.79 Å². The molecule has 0 saturated carbocycles. The van der Waals surface area contributed by atoms with Crippen LogP contribution >= 0.6 is 0 Å². The Labute approximate surface area is 116 Å². The summed E-state index contributed by atoms with van der Waals surface area (Å²) >= 11 is 0. The zero-order valence-electron chi connectivity index (χ0n) is 10.7. The van der Waals surface area contributed by atoms with Crippen molar-refractivity contribution in [3.8, 4) is 0 Å². The fraction of sp³-hybridized carbons (Fsp3) is 0.333. The van der Waals surface area contributed by atoms with Crippen LogP contribution in [-0.2, 0) is 14.8 Å². The molecular formula is C12H16N2O5S. The van der Waals surface area contributed by atoms with Crippen LogP contribution in [0.15, 0.2) is 29.2 Å². The number of hydrogen-bond donors (Lipinski definition) is 3. The maximum Gasteiger partial charge on any atom is 0.335 e. The van der Waals surface area contributed by atoms with Crippen molar-refractivity contribution in [1.29, 1.82) is 0 Å². The summed E-state index contributed by atoms with van der Waals surface area (Å²) in [7, 11) is -3.66. The lowest BCUT2D eigenvalue weighted by Gasteiger charge is -2.06. The molecule has 0 fully saturated rings. The molecule has 20 heavy (non-hydrogen) atoms. The topological polar surface area (TPSA) is 127 Å². The van der Waals surface area contributed by atoms with Gasteiger partial charge < -0.3 is 10.8 Å². The predicted octanol–water partition coefficient (Wildman–Crippen LogP) is 0.319. The van der Waals surface area contributed by atoms with Gasteiger partial charge in [-0.25, -0.2) is 17.9 Å². The molecule has 0 aliphatic rings. The molecule has 0 saturated heterocycles. The molecule has 0 aliphatic heterocycles. The summed E-state index contributed by atoms with van der Waals surface area (Å²) in [6.07, 6.45) is 1.22. The van der Waals surface area contributed by atoms with Crippen molar-refractivity contribution >= 4 is 21.9 Å². The van der Waals surface area contributed by atoms with Gasteiger partial charge in [-0.05, 0) is 37.1 Å². The molecule has 1 amide bonds. The molecule has 1 rings (SSSR count). The van der Waals surface area contributed by atoms with Gasteiger partial charge in [0.1, 0.15) is 0 Å². The van der Waals surface area contributed by atoms with Gasteiger partial charge in [0.25, 0.3) is 0 Å². The molecule has 0 aromatic heterocycles. The summed E-state index contributed by atoms with van der Waals surface area (Å²) < 4.78 is 26.1. The third-order valence-corrected chi connectivity index (χ3v) is 4.03. The molecule has 1 aromatic rings. The number of benzene rings is 1. The number of carboxylic acid groups (broad SMARTS) is 1. The fourth-order valence-electron chi connectivity index (χ4n) is 1.49. The van der Waals surface area contributed by atoms with Crippen LogP contribution in [0.3, 0.4) is 0 Å². The van der Waals surface area contributed by atoms with E-state index in [1.54, 1.807) is 0 Å². The second kappa shape index (κ2) is 7.01. The van der Waals surface area contributed by atoms with Gasteiger partial charge in [0.15, 0.2) is 0 Å². The number of primary amides is 1. The first-order chi connectivity index (χ1) is 9.33. The number of carboxylic acids is 1. The van der Waals surface area contributed by atoms with Crippen LogP contribution in [0.4, 0.5) is 0 Å². The third kappa shape index (κ3) is 4.98. The van der Waals surface area contributed by atoms with Crippen LogP contribution in [0.1, 0.15) is 29.6 Å². The number of carbonyl (C=O) groups is 2. The Bertz CT molecular complexity index is 580. The molecule has 0 bridgehead atoms. The molecule has 110 valence electrons. The molecule has 8 heteroatoms. The van der Waals surface area contributed by atoms with Crippen LogP contribution < -0.4 is 10.5 Å². The maximum absolute atomic E-state index is 11.9. The minimum absolute atomic E-state index is 0.00241. The smallest absolute Gasteiger partial charge is 0.335 e. The molecular weight excluding hydrogens is 284 g/mol. The Hall–Kier alpha value is -1.93. The molecule has 0 spiro atoms. The number of amides is 1. The van der Waals surface area contributed by atoms with Crippen molar-refractivity contribution in [3.63, 3.8) is 0 Å². The van der Waals surface area contributed by atoms with Crippen LogP contribution in [0, 0.1) is 0 Å². The minimum atomic E-state index is -3.66. The standard InChI is InChI=1S/C12H16N2O5S/c13-11(15)3-1-2-8-14-20(18,19)10-6-4-9(5-7-10)12(16)17/h4-7,14H,1-3,8H2,(H2,13,15)(H,16,17). The second-order valence-electron chi connectivity index (χ2n) is 4.15. The van der Waals surface area contributed by atoms with E-state index in [1.165, 1.54) is 24.3 Å². The first-order valence-electron chi connectivity index (χ1n) is 5.94. The SMILES string of the molecule is NC(=O)CCCCNS(=O)(=O)c1ccc(C(=O)O)cc1. The Morgan fingerprint density at radius 1 is 1.15 bits per heavy atom. The van der Waals surface area contributed by atoms with E-state index in [0.717, 1.165) is 0 Å². The number of aromatic carboxylic acids is 1. The number of sulfonamides is 1. The number of nitrogens with two attached hydrogens (primary N) is 1. The number of unbranched alkanes of at least 4 members (excludes halogenated alkanes) is 1. The van der Waals surface area contributed by atoms with Crippen LogP contribution in [0.25, 0.3) is 0 Å². The number of rotatable bonds is 8. The highest BCUT2D eigenvalue weighted by Crippen LogP contribution is 2.10. The van der Waals surface area contributed by atoms with Gasteiger partial charge >= 0.3 is 5.97 Å². The van der Waals surface area contributed by atoms with Crippen molar-refractivity contribution in [2.24, 2.45) is 5.73 Å². The number of hydrogen-bond acceptors (Lipinski definition) is 4. The first kappa shape index (κ1) is 16.1. The molecule has 0 radical (unpaired) electrons. The normalized spacial score (nSPS) is 11.2. The zero-order valence-corrected chi connectivity index (χ0v) is 11.5. The van der Waals surface area contributed by atoms with Crippen molar-refractivity contribution in [1.82, 2.24) is 4.72 Å². The largest absolute Gasteiger partial charge is 0.478 e. The summed E-state index contributed by atoms with van der Waals surface area (Å²) in [4.78, 5) is 21.2. The molecule has 0 heterocycles. The third-order valence-electron chi connectivity index (χ3n) is 2.55. The lowest BCUT2D eigenvalue weighted by atomic mass is 10.2. The summed E-state index contributed by atoms with van der Waals surface area (Å²) in [5.41, 5.74) is 4.98. The van der Waals surface area contributed by atoms with Gasteiger partial charge in [0, 0.05) is 13.0 Å².